The monoisotopic (exact) mass is 382 g/mol. The van der Waals surface area contributed by atoms with Gasteiger partial charge < -0.3 is 14.5 Å². The first-order valence-electron chi connectivity index (χ1n) is 8.65. The van der Waals surface area contributed by atoms with Crippen molar-refractivity contribution < 1.29 is 23.1 Å². The second-order valence-electron chi connectivity index (χ2n) is 6.19. The predicted molar refractivity (Wildman–Crippen MR) is 101 cm³/mol. The fourth-order valence-corrected chi connectivity index (χ4v) is 2.61. The van der Waals surface area contributed by atoms with Crippen molar-refractivity contribution in [3.63, 3.8) is 0 Å². The second kappa shape index (κ2) is 8.47. The molecule has 0 unspecified atom stereocenters. The number of oxazole rings is 1. The van der Waals surface area contributed by atoms with Gasteiger partial charge in [0.05, 0.1) is 18.9 Å². The van der Waals surface area contributed by atoms with Gasteiger partial charge in [0.15, 0.2) is 11.7 Å². The van der Waals surface area contributed by atoms with Gasteiger partial charge in [-0.15, -0.1) is 0 Å². The Hall–Kier alpha value is -3.48. The number of hydrogen-bond acceptors (Lipinski definition) is 5. The van der Waals surface area contributed by atoms with E-state index in [1.807, 2.05) is 6.92 Å². The molecule has 3 aromatic rings. The van der Waals surface area contributed by atoms with Crippen molar-refractivity contribution in [3.05, 3.63) is 71.5 Å². The molecule has 1 N–H and O–H groups in total. The Morgan fingerprint density at radius 1 is 1.18 bits per heavy atom. The van der Waals surface area contributed by atoms with Gasteiger partial charge in [-0.3, -0.25) is 4.79 Å². The van der Waals surface area contributed by atoms with Gasteiger partial charge in [-0.05, 0) is 48.9 Å². The Labute approximate surface area is 161 Å². The molecule has 2 aromatic carbocycles. The molecule has 0 aliphatic heterocycles. The van der Waals surface area contributed by atoms with Gasteiger partial charge in [-0.1, -0.05) is 6.07 Å². The van der Waals surface area contributed by atoms with Crippen molar-refractivity contribution in [1.29, 1.82) is 0 Å². The van der Waals surface area contributed by atoms with Crippen LogP contribution >= 0.6 is 0 Å². The largest absolute Gasteiger partial charge is 0.465 e. The molecule has 0 saturated heterocycles. The van der Waals surface area contributed by atoms with Gasteiger partial charge >= 0.3 is 5.97 Å². The summed E-state index contributed by atoms with van der Waals surface area (Å²) in [5.74, 6) is -0.103. The van der Waals surface area contributed by atoms with E-state index in [-0.39, 0.29) is 18.1 Å². The summed E-state index contributed by atoms with van der Waals surface area (Å²) in [6.45, 7) is 1.83. The second-order valence-corrected chi connectivity index (χ2v) is 6.19. The Balaban J connectivity index is 1.61. The number of carbonyl (C=O) groups excluding carboxylic acids is 2. The van der Waals surface area contributed by atoms with E-state index in [4.69, 9.17) is 9.15 Å². The first kappa shape index (κ1) is 19.3. The summed E-state index contributed by atoms with van der Waals surface area (Å²) >= 11 is 0. The smallest absolute Gasteiger partial charge is 0.337 e. The normalized spacial score (nSPS) is 10.5. The van der Waals surface area contributed by atoms with Gasteiger partial charge in [-0.2, -0.15) is 0 Å². The molecule has 0 fully saturated rings. The molecule has 6 nitrogen and oxygen atoms in total. The number of hydrogen-bond donors (Lipinski definition) is 1. The first-order chi connectivity index (χ1) is 13.5. The molecule has 0 aliphatic carbocycles. The number of methoxy groups -OCH3 is 1. The third-order valence-corrected chi connectivity index (χ3v) is 4.18. The Kier molecular flexibility index (Phi) is 5.84. The topological polar surface area (TPSA) is 81.4 Å². The van der Waals surface area contributed by atoms with Crippen molar-refractivity contribution in [1.82, 2.24) is 4.98 Å². The lowest BCUT2D eigenvalue weighted by atomic mass is 10.1. The summed E-state index contributed by atoms with van der Waals surface area (Å²) in [5, 5.41) is 2.79. The van der Waals surface area contributed by atoms with E-state index in [1.54, 1.807) is 36.5 Å². The van der Waals surface area contributed by atoms with Crippen LogP contribution in [0.4, 0.5) is 10.1 Å². The van der Waals surface area contributed by atoms with Crippen LogP contribution in [0.15, 0.2) is 53.1 Å². The number of ether oxygens (including phenoxy) is 1. The Bertz CT molecular complexity index is 996. The van der Waals surface area contributed by atoms with E-state index in [1.165, 1.54) is 19.2 Å². The van der Waals surface area contributed by atoms with Crippen molar-refractivity contribution in [2.75, 3.05) is 12.4 Å². The minimum atomic E-state index is -0.469. The van der Waals surface area contributed by atoms with Crippen LogP contribution in [0.5, 0.6) is 0 Å². The molecule has 0 atom stereocenters. The first-order valence-corrected chi connectivity index (χ1v) is 8.65. The molecule has 144 valence electrons. The number of benzene rings is 2. The predicted octanol–water partition coefficient (Wildman–Crippen LogP) is 4.15. The van der Waals surface area contributed by atoms with E-state index in [0.29, 0.717) is 34.9 Å². The molecule has 1 aromatic heterocycles. The number of nitrogens with one attached hydrogen (secondary N) is 1. The summed E-state index contributed by atoms with van der Waals surface area (Å²) < 4.78 is 23.3. The zero-order valence-electron chi connectivity index (χ0n) is 15.5. The Morgan fingerprint density at radius 3 is 2.64 bits per heavy atom. The molecule has 1 amide bonds. The number of rotatable bonds is 6. The van der Waals surface area contributed by atoms with Gasteiger partial charge in [0.2, 0.25) is 5.91 Å². The summed E-state index contributed by atoms with van der Waals surface area (Å²) in [6, 6.07) is 10.8. The van der Waals surface area contributed by atoms with Crippen molar-refractivity contribution in [2.24, 2.45) is 0 Å². The number of amides is 1. The highest BCUT2D eigenvalue weighted by Crippen LogP contribution is 2.22. The maximum absolute atomic E-state index is 13.0. The number of aryl methyl sites for hydroxylation is 2. The van der Waals surface area contributed by atoms with E-state index >= 15 is 0 Å². The number of halogens is 1. The molecule has 0 bridgehead atoms. The van der Waals surface area contributed by atoms with Crippen LogP contribution < -0.4 is 5.32 Å². The Morgan fingerprint density at radius 2 is 1.93 bits per heavy atom. The third kappa shape index (κ3) is 4.62. The van der Waals surface area contributed by atoms with Crippen molar-refractivity contribution >= 4 is 17.6 Å². The van der Waals surface area contributed by atoms with Crippen LogP contribution in [0, 0.1) is 12.7 Å². The van der Waals surface area contributed by atoms with Gasteiger partial charge in [0.1, 0.15) is 5.82 Å². The maximum Gasteiger partial charge on any atom is 0.337 e. The molecule has 28 heavy (non-hydrogen) atoms. The van der Waals surface area contributed by atoms with Gasteiger partial charge in [0.25, 0.3) is 0 Å². The number of aromatic nitrogens is 1. The minimum absolute atomic E-state index is 0.158. The molecule has 7 heteroatoms. The molecule has 1 heterocycles. The fraction of sp³-hybridized carbons (Fsp3) is 0.190. The maximum atomic E-state index is 13.0. The molecular weight excluding hydrogens is 363 g/mol. The fourth-order valence-electron chi connectivity index (χ4n) is 2.61. The summed E-state index contributed by atoms with van der Waals surface area (Å²) in [4.78, 5) is 28.1. The average Bonchev–Trinajstić information content (AvgIpc) is 3.17. The average molecular weight is 382 g/mol. The lowest BCUT2D eigenvalue weighted by molar-refractivity contribution is -0.116. The van der Waals surface area contributed by atoms with Crippen molar-refractivity contribution in [3.8, 4) is 11.3 Å². The lowest BCUT2D eigenvalue weighted by Gasteiger charge is -2.09. The number of carbonyl (C=O) groups is 2. The quantitative estimate of drug-likeness (QED) is 0.648. The van der Waals surface area contributed by atoms with Gasteiger partial charge in [0, 0.05) is 24.1 Å². The van der Waals surface area contributed by atoms with Crippen LogP contribution in [0.25, 0.3) is 11.3 Å². The number of esters is 1. The van der Waals surface area contributed by atoms with E-state index in [2.05, 4.69) is 10.3 Å². The summed E-state index contributed by atoms with van der Waals surface area (Å²) in [5.41, 5.74) is 2.45. The van der Waals surface area contributed by atoms with E-state index in [9.17, 15) is 14.0 Å². The highest BCUT2D eigenvalue weighted by Gasteiger charge is 2.12. The third-order valence-electron chi connectivity index (χ3n) is 4.18. The van der Waals surface area contributed by atoms with Crippen LogP contribution in [0.2, 0.25) is 0 Å². The van der Waals surface area contributed by atoms with E-state index < -0.39 is 5.97 Å². The zero-order chi connectivity index (χ0) is 20.1. The summed E-state index contributed by atoms with van der Waals surface area (Å²) in [7, 11) is 1.30. The minimum Gasteiger partial charge on any atom is -0.465 e. The van der Waals surface area contributed by atoms with Crippen LogP contribution in [-0.4, -0.2) is 24.0 Å². The van der Waals surface area contributed by atoms with Gasteiger partial charge in [-0.25, -0.2) is 14.2 Å². The van der Waals surface area contributed by atoms with E-state index in [0.717, 1.165) is 5.56 Å². The molecule has 0 aliphatic rings. The molecular formula is C21H19FN2O4. The zero-order valence-corrected chi connectivity index (χ0v) is 15.5. The molecule has 0 saturated carbocycles. The highest BCUT2D eigenvalue weighted by molar-refractivity contribution is 5.95. The van der Waals surface area contributed by atoms with Crippen molar-refractivity contribution in [2.45, 2.75) is 19.8 Å². The molecule has 0 spiro atoms. The molecule has 0 radical (unpaired) electrons. The lowest BCUT2D eigenvalue weighted by Crippen LogP contribution is -2.14. The van der Waals surface area contributed by atoms with Crippen LogP contribution in [-0.2, 0) is 16.0 Å². The molecule has 3 rings (SSSR count). The number of nitrogens with zero attached hydrogens (tertiary/aromatic N) is 1. The van der Waals surface area contributed by atoms with Crippen LogP contribution in [0.3, 0.4) is 0 Å². The summed E-state index contributed by atoms with van der Waals surface area (Å²) in [6.07, 6.45) is 2.01. The SMILES string of the molecule is COC(=O)c1ccc(C)c(NC(=O)CCc2ncc(-c3ccc(F)cc3)o2)c1. The highest BCUT2D eigenvalue weighted by atomic mass is 19.1. The number of anilines is 1. The standard InChI is InChI=1S/C21H19FN2O4/c1-13-3-4-15(21(26)27-2)11-17(13)24-19(25)9-10-20-23-12-18(28-20)14-5-7-16(22)8-6-14/h3-8,11-12H,9-10H2,1-2H3,(H,24,25). The van der Waals surface area contributed by atoms with Crippen LogP contribution in [0.1, 0.15) is 28.2 Å².